The number of hydrogen-bond donors (Lipinski definition) is 1. The third-order valence-corrected chi connectivity index (χ3v) is 5.39. The molecule has 0 saturated carbocycles. The van der Waals surface area contributed by atoms with Gasteiger partial charge in [0.15, 0.2) is 0 Å². The van der Waals surface area contributed by atoms with E-state index in [-0.39, 0.29) is 5.91 Å². The average molecular weight is 417 g/mol. The van der Waals surface area contributed by atoms with Crippen LogP contribution >= 0.6 is 27.5 Å². The molecule has 0 radical (unpaired) electrons. The molecular weight excluding hydrogens is 402 g/mol. The highest BCUT2D eigenvalue weighted by atomic mass is 79.9. The van der Waals surface area contributed by atoms with Gasteiger partial charge >= 0.3 is 0 Å². The smallest absolute Gasteiger partial charge is 0.255 e. The van der Waals surface area contributed by atoms with Crippen molar-refractivity contribution >= 4 is 33.4 Å². The lowest BCUT2D eigenvalue weighted by Gasteiger charge is -2.27. The summed E-state index contributed by atoms with van der Waals surface area (Å²) in [4.78, 5) is 14.8. The van der Waals surface area contributed by atoms with Crippen LogP contribution in [0.25, 0.3) is 11.3 Å². The van der Waals surface area contributed by atoms with Crippen molar-refractivity contribution in [3.63, 3.8) is 0 Å². The molecule has 0 fully saturated rings. The minimum Gasteiger partial charge on any atom is -0.334 e. The van der Waals surface area contributed by atoms with Crippen LogP contribution in [0.3, 0.4) is 0 Å². The maximum absolute atomic E-state index is 12.9. The van der Waals surface area contributed by atoms with E-state index in [1.54, 1.807) is 0 Å². The predicted octanol–water partition coefficient (Wildman–Crippen LogP) is 4.69. The molecule has 1 aromatic heterocycles. The van der Waals surface area contributed by atoms with E-state index in [2.05, 4.69) is 26.1 Å². The van der Waals surface area contributed by atoms with Gasteiger partial charge in [0.05, 0.1) is 11.3 Å². The molecule has 0 bridgehead atoms. The number of halogens is 2. The number of nitrogens with zero attached hydrogens (tertiary/aromatic N) is 2. The van der Waals surface area contributed by atoms with E-state index in [0.29, 0.717) is 23.7 Å². The van der Waals surface area contributed by atoms with Crippen LogP contribution in [0.15, 0.2) is 53.0 Å². The van der Waals surface area contributed by atoms with Crippen LogP contribution in [0, 0.1) is 0 Å². The minimum absolute atomic E-state index is 0.0291. The van der Waals surface area contributed by atoms with Gasteiger partial charge in [0.2, 0.25) is 0 Å². The van der Waals surface area contributed by atoms with E-state index in [1.807, 2.05) is 53.4 Å². The van der Waals surface area contributed by atoms with Crippen molar-refractivity contribution in [2.75, 3.05) is 6.54 Å². The van der Waals surface area contributed by atoms with E-state index in [1.165, 1.54) is 0 Å². The summed E-state index contributed by atoms with van der Waals surface area (Å²) in [5.74, 6) is 0.0291. The van der Waals surface area contributed by atoms with Crippen molar-refractivity contribution < 1.29 is 4.79 Å². The molecule has 2 aromatic carbocycles. The van der Waals surface area contributed by atoms with Crippen LogP contribution in [-0.4, -0.2) is 27.5 Å². The Bertz CT molecular complexity index is 936. The topological polar surface area (TPSA) is 49.0 Å². The van der Waals surface area contributed by atoms with Crippen LogP contribution in [-0.2, 0) is 13.0 Å². The zero-order valence-corrected chi connectivity index (χ0v) is 15.6. The number of aromatic nitrogens is 2. The van der Waals surface area contributed by atoms with Gasteiger partial charge in [-0.2, -0.15) is 5.10 Å². The first-order valence-corrected chi connectivity index (χ1v) is 9.16. The van der Waals surface area contributed by atoms with Crippen LogP contribution < -0.4 is 0 Å². The number of benzene rings is 2. The largest absolute Gasteiger partial charge is 0.334 e. The Morgan fingerprint density at radius 2 is 1.92 bits per heavy atom. The average Bonchev–Trinajstić information content (AvgIpc) is 3.05. The van der Waals surface area contributed by atoms with Crippen LogP contribution in [0.4, 0.5) is 0 Å². The first kappa shape index (κ1) is 16.4. The molecule has 0 aliphatic carbocycles. The molecule has 1 aliphatic heterocycles. The molecular formula is C19H15BrClN3O. The number of H-pyrrole nitrogens is 1. The molecule has 4 nitrogen and oxygen atoms in total. The lowest BCUT2D eigenvalue weighted by Crippen LogP contribution is -2.36. The van der Waals surface area contributed by atoms with Gasteiger partial charge in [-0.15, -0.1) is 0 Å². The van der Waals surface area contributed by atoms with Gasteiger partial charge in [-0.3, -0.25) is 9.89 Å². The molecule has 25 heavy (non-hydrogen) atoms. The number of fused-ring (bicyclic) bond motifs is 1. The first-order valence-electron chi connectivity index (χ1n) is 7.99. The normalized spacial score (nSPS) is 13.6. The highest BCUT2D eigenvalue weighted by molar-refractivity contribution is 9.10. The molecule has 0 spiro atoms. The SMILES string of the molecule is O=C(c1ccccc1Br)N1CCc2[nH]nc(-c3ccc(Cl)cc3)c2C1. The second kappa shape index (κ2) is 6.65. The Kier molecular flexibility index (Phi) is 4.36. The molecule has 0 atom stereocenters. The van der Waals surface area contributed by atoms with E-state index in [4.69, 9.17) is 11.6 Å². The molecule has 1 N–H and O–H groups in total. The number of aromatic amines is 1. The lowest BCUT2D eigenvalue weighted by atomic mass is 10.0. The predicted molar refractivity (Wildman–Crippen MR) is 102 cm³/mol. The molecule has 0 unspecified atom stereocenters. The summed E-state index contributed by atoms with van der Waals surface area (Å²) in [6, 6.07) is 15.1. The van der Waals surface area contributed by atoms with Crippen LogP contribution in [0.2, 0.25) is 5.02 Å². The second-order valence-electron chi connectivity index (χ2n) is 5.99. The maximum atomic E-state index is 12.9. The third kappa shape index (κ3) is 3.10. The molecule has 1 aliphatic rings. The minimum atomic E-state index is 0.0291. The number of hydrogen-bond acceptors (Lipinski definition) is 2. The van der Waals surface area contributed by atoms with E-state index in [0.717, 1.165) is 33.4 Å². The number of carbonyl (C=O) groups is 1. The van der Waals surface area contributed by atoms with Gasteiger partial charge < -0.3 is 4.90 Å². The fourth-order valence-electron chi connectivity index (χ4n) is 3.12. The Morgan fingerprint density at radius 3 is 2.68 bits per heavy atom. The number of amides is 1. The fourth-order valence-corrected chi connectivity index (χ4v) is 3.70. The van der Waals surface area contributed by atoms with Gasteiger partial charge in [0, 0.05) is 45.8 Å². The van der Waals surface area contributed by atoms with Crippen molar-refractivity contribution in [3.8, 4) is 11.3 Å². The maximum Gasteiger partial charge on any atom is 0.255 e. The summed E-state index contributed by atoms with van der Waals surface area (Å²) in [5.41, 5.74) is 4.74. The molecule has 3 aromatic rings. The molecule has 126 valence electrons. The highest BCUT2D eigenvalue weighted by Crippen LogP contribution is 2.30. The van der Waals surface area contributed by atoms with Crippen molar-refractivity contribution in [1.29, 1.82) is 0 Å². The van der Waals surface area contributed by atoms with Crippen molar-refractivity contribution in [2.45, 2.75) is 13.0 Å². The molecule has 2 heterocycles. The van der Waals surface area contributed by atoms with Gasteiger partial charge in [0.1, 0.15) is 0 Å². The van der Waals surface area contributed by atoms with Crippen molar-refractivity contribution in [3.05, 3.63) is 74.8 Å². The molecule has 0 saturated heterocycles. The summed E-state index contributed by atoms with van der Waals surface area (Å²) < 4.78 is 0.816. The summed E-state index contributed by atoms with van der Waals surface area (Å²) >= 11 is 9.45. The second-order valence-corrected chi connectivity index (χ2v) is 7.28. The first-order chi connectivity index (χ1) is 12.1. The number of rotatable bonds is 2. The van der Waals surface area contributed by atoms with Gasteiger partial charge in [-0.05, 0) is 40.2 Å². The molecule has 1 amide bonds. The van der Waals surface area contributed by atoms with Crippen molar-refractivity contribution in [1.82, 2.24) is 15.1 Å². The van der Waals surface area contributed by atoms with Gasteiger partial charge in [-0.1, -0.05) is 35.9 Å². The summed E-state index contributed by atoms with van der Waals surface area (Å²) in [6.45, 7) is 1.22. The van der Waals surface area contributed by atoms with Gasteiger partial charge in [-0.25, -0.2) is 0 Å². The Labute approximate surface area is 158 Å². The summed E-state index contributed by atoms with van der Waals surface area (Å²) in [5, 5.41) is 8.28. The van der Waals surface area contributed by atoms with Crippen molar-refractivity contribution in [2.24, 2.45) is 0 Å². The Morgan fingerprint density at radius 1 is 1.16 bits per heavy atom. The fraction of sp³-hybridized carbons (Fsp3) is 0.158. The lowest BCUT2D eigenvalue weighted by molar-refractivity contribution is 0.0733. The summed E-state index contributed by atoms with van der Waals surface area (Å²) in [7, 11) is 0. The Balaban J connectivity index is 1.65. The monoisotopic (exact) mass is 415 g/mol. The Hall–Kier alpha value is -2.11. The quantitative estimate of drug-likeness (QED) is 0.659. The molecule has 6 heteroatoms. The van der Waals surface area contributed by atoms with Crippen LogP contribution in [0.5, 0.6) is 0 Å². The van der Waals surface area contributed by atoms with E-state index < -0.39 is 0 Å². The summed E-state index contributed by atoms with van der Waals surface area (Å²) in [6.07, 6.45) is 0.770. The van der Waals surface area contributed by atoms with Gasteiger partial charge in [0.25, 0.3) is 5.91 Å². The highest BCUT2D eigenvalue weighted by Gasteiger charge is 2.27. The molecule has 4 rings (SSSR count). The number of nitrogens with one attached hydrogen (secondary N) is 1. The third-order valence-electron chi connectivity index (χ3n) is 4.44. The zero-order chi connectivity index (χ0) is 17.4. The van der Waals surface area contributed by atoms with E-state index in [9.17, 15) is 4.79 Å². The van der Waals surface area contributed by atoms with E-state index >= 15 is 0 Å². The number of carbonyl (C=O) groups excluding carboxylic acids is 1. The standard InChI is InChI=1S/C19H15BrClN3O/c20-16-4-2-1-3-14(16)19(25)24-10-9-17-15(11-24)18(23-22-17)12-5-7-13(21)8-6-12/h1-8H,9-11H2,(H,22,23). The zero-order valence-electron chi connectivity index (χ0n) is 13.3. The van der Waals surface area contributed by atoms with Crippen LogP contribution in [0.1, 0.15) is 21.6 Å².